The molecule has 0 aromatic heterocycles. The van der Waals surface area contributed by atoms with E-state index in [1.165, 1.54) is 0 Å². The van der Waals surface area contributed by atoms with E-state index in [4.69, 9.17) is 5.11 Å². The quantitative estimate of drug-likeness (QED) is 0.536. The van der Waals surface area contributed by atoms with Crippen molar-refractivity contribution in [2.24, 2.45) is 0 Å². The van der Waals surface area contributed by atoms with Crippen LogP contribution >= 0.6 is 0 Å². The fourth-order valence-electron chi connectivity index (χ4n) is 0.863. The van der Waals surface area contributed by atoms with Crippen molar-refractivity contribution in [3.05, 3.63) is 0 Å². The molecule has 0 fully saturated rings. The number of rotatable bonds is 8. The van der Waals surface area contributed by atoms with Gasteiger partial charge in [-0.2, -0.15) is 0 Å². The Morgan fingerprint density at radius 3 is 2.44 bits per heavy atom. The molecule has 0 radical (unpaired) electrons. The highest BCUT2D eigenvalue weighted by atomic mass is 19.3. The summed E-state index contributed by atoms with van der Waals surface area (Å²) in [5.74, 6) is -1.88. The maximum Gasteiger partial charge on any atom is 0.321 e. The molecule has 7 nitrogen and oxygen atoms in total. The van der Waals surface area contributed by atoms with Gasteiger partial charge in [-0.05, 0) is 0 Å². The minimum absolute atomic E-state index is 0.0369. The van der Waals surface area contributed by atoms with Crippen LogP contribution in [0, 0.1) is 0 Å². The zero-order chi connectivity index (χ0) is 14.0. The van der Waals surface area contributed by atoms with Gasteiger partial charge in [0.1, 0.15) is 6.61 Å². The molecule has 18 heavy (non-hydrogen) atoms. The van der Waals surface area contributed by atoms with Crippen LogP contribution in [0.3, 0.4) is 0 Å². The molecule has 0 aromatic carbocycles. The van der Waals surface area contributed by atoms with E-state index in [1.54, 1.807) is 0 Å². The molecule has 0 saturated heterocycles. The molecule has 0 heterocycles. The molecular weight excluding hydrogens is 254 g/mol. The number of hydrogen-bond acceptors (Lipinski definition) is 4. The molecule has 0 saturated carbocycles. The molecule has 9 heteroatoms. The molecule has 0 rings (SSSR count). The van der Waals surface area contributed by atoms with Crippen molar-refractivity contribution in [3.8, 4) is 0 Å². The highest BCUT2D eigenvalue weighted by Crippen LogP contribution is 1.91. The highest BCUT2D eigenvalue weighted by molar-refractivity contribution is 5.95. The second-order valence-corrected chi connectivity index (χ2v) is 3.16. The van der Waals surface area contributed by atoms with Crippen molar-refractivity contribution in [1.82, 2.24) is 10.6 Å². The van der Waals surface area contributed by atoms with E-state index in [0.717, 1.165) is 0 Å². The summed E-state index contributed by atoms with van der Waals surface area (Å²) in [5.41, 5.74) is 0. The standard InChI is InChI=1S/C9H14F2N2O5/c10-6(11)5-18-4-3-12-9(17)13-7(14)1-2-8(15)16/h6H,1-5H2,(H,15,16)(H2,12,13,14,17). The first-order chi connectivity index (χ1) is 8.41. The Morgan fingerprint density at radius 2 is 1.89 bits per heavy atom. The van der Waals surface area contributed by atoms with E-state index in [-0.39, 0.29) is 26.0 Å². The van der Waals surface area contributed by atoms with Crippen molar-refractivity contribution in [1.29, 1.82) is 0 Å². The van der Waals surface area contributed by atoms with Gasteiger partial charge in [0, 0.05) is 13.0 Å². The smallest absolute Gasteiger partial charge is 0.321 e. The third kappa shape index (κ3) is 10.7. The van der Waals surface area contributed by atoms with Gasteiger partial charge in [-0.25, -0.2) is 13.6 Å². The van der Waals surface area contributed by atoms with Crippen LogP contribution < -0.4 is 10.6 Å². The largest absolute Gasteiger partial charge is 0.481 e. The molecule has 0 aliphatic carbocycles. The minimum Gasteiger partial charge on any atom is -0.481 e. The lowest BCUT2D eigenvalue weighted by Crippen LogP contribution is -2.40. The van der Waals surface area contributed by atoms with Crippen molar-refractivity contribution < 1.29 is 33.0 Å². The number of halogens is 2. The molecule has 0 aliphatic heterocycles. The number of urea groups is 1. The predicted octanol–water partition coefficient (Wildman–Crippen LogP) is -0.0413. The van der Waals surface area contributed by atoms with Crippen LogP contribution in [-0.2, 0) is 14.3 Å². The summed E-state index contributed by atoms with van der Waals surface area (Å²) in [6, 6.07) is -0.828. The lowest BCUT2D eigenvalue weighted by Gasteiger charge is -2.06. The minimum atomic E-state index is -2.57. The molecule has 0 aliphatic rings. The Labute approximate surface area is 101 Å². The third-order valence-electron chi connectivity index (χ3n) is 1.59. The number of aliphatic carboxylic acids is 1. The number of ether oxygens (including phenoxy) is 1. The second-order valence-electron chi connectivity index (χ2n) is 3.16. The topological polar surface area (TPSA) is 105 Å². The first-order valence-electron chi connectivity index (χ1n) is 5.07. The van der Waals surface area contributed by atoms with Gasteiger partial charge >= 0.3 is 12.0 Å². The second kappa shape index (κ2) is 9.28. The summed E-state index contributed by atoms with van der Waals surface area (Å²) in [5, 5.41) is 12.3. The maximum atomic E-state index is 11.6. The molecule has 104 valence electrons. The lowest BCUT2D eigenvalue weighted by molar-refractivity contribution is -0.138. The van der Waals surface area contributed by atoms with Gasteiger partial charge in [0.15, 0.2) is 0 Å². The normalized spacial score (nSPS) is 10.2. The molecule has 0 atom stereocenters. The van der Waals surface area contributed by atoms with Crippen LogP contribution in [0.15, 0.2) is 0 Å². The molecule has 0 bridgehead atoms. The maximum absolute atomic E-state index is 11.6. The Morgan fingerprint density at radius 1 is 1.22 bits per heavy atom. The molecule has 3 amide bonds. The van der Waals surface area contributed by atoms with E-state index in [9.17, 15) is 23.2 Å². The van der Waals surface area contributed by atoms with Crippen molar-refractivity contribution in [3.63, 3.8) is 0 Å². The predicted molar refractivity (Wildman–Crippen MR) is 55.2 cm³/mol. The SMILES string of the molecule is O=C(O)CCC(=O)NC(=O)NCCOCC(F)F. The van der Waals surface area contributed by atoms with E-state index in [2.05, 4.69) is 10.1 Å². The van der Waals surface area contributed by atoms with E-state index in [0.29, 0.717) is 0 Å². The number of carboxylic acid groups (broad SMARTS) is 1. The van der Waals surface area contributed by atoms with Crippen molar-refractivity contribution in [2.75, 3.05) is 19.8 Å². The van der Waals surface area contributed by atoms with Crippen molar-refractivity contribution in [2.45, 2.75) is 19.3 Å². The summed E-state index contributed by atoms with van der Waals surface area (Å²) in [7, 11) is 0. The molecule has 0 spiro atoms. The van der Waals surface area contributed by atoms with E-state index < -0.39 is 30.9 Å². The van der Waals surface area contributed by atoms with Gasteiger partial charge in [0.2, 0.25) is 5.91 Å². The number of carbonyl (C=O) groups excluding carboxylic acids is 2. The van der Waals surface area contributed by atoms with Crippen LogP contribution in [0.2, 0.25) is 0 Å². The zero-order valence-corrected chi connectivity index (χ0v) is 9.45. The lowest BCUT2D eigenvalue weighted by atomic mass is 10.3. The van der Waals surface area contributed by atoms with Crippen LogP contribution in [0.5, 0.6) is 0 Å². The third-order valence-corrected chi connectivity index (χ3v) is 1.59. The molecular formula is C9H14F2N2O5. The Kier molecular flexibility index (Phi) is 8.37. The van der Waals surface area contributed by atoms with Gasteiger partial charge in [-0.15, -0.1) is 0 Å². The summed E-state index contributed by atoms with van der Waals surface area (Å²) >= 11 is 0. The zero-order valence-electron chi connectivity index (χ0n) is 9.45. The average molecular weight is 268 g/mol. The summed E-state index contributed by atoms with van der Waals surface area (Å²) in [6.45, 7) is -0.868. The number of imide groups is 1. The Hall–Kier alpha value is -1.77. The average Bonchev–Trinajstić information content (AvgIpc) is 2.25. The van der Waals surface area contributed by atoms with Gasteiger partial charge in [-0.1, -0.05) is 0 Å². The van der Waals surface area contributed by atoms with Gasteiger partial charge in [-0.3, -0.25) is 14.9 Å². The number of carbonyl (C=O) groups is 3. The van der Waals surface area contributed by atoms with Gasteiger partial charge in [0.25, 0.3) is 6.43 Å². The molecule has 3 N–H and O–H groups in total. The monoisotopic (exact) mass is 268 g/mol. The van der Waals surface area contributed by atoms with Crippen LogP contribution in [-0.4, -0.2) is 49.2 Å². The van der Waals surface area contributed by atoms with Crippen molar-refractivity contribution >= 4 is 17.9 Å². The summed E-state index contributed by atoms with van der Waals surface area (Å²) in [4.78, 5) is 32.1. The summed E-state index contributed by atoms with van der Waals surface area (Å²) in [6.07, 6.45) is -3.27. The van der Waals surface area contributed by atoms with E-state index in [1.807, 2.05) is 5.32 Å². The fraction of sp³-hybridized carbons (Fsp3) is 0.667. The highest BCUT2D eigenvalue weighted by Gasteiger charge is 2.09. The number of nitrogens with one attached hydrogen (secondary N) is 2. The number of alkyl halides is 2. The van der Waals surface area contributed by atoms with Gasteiger partial charge < -0.3 is 15.2 Å². The number of carboxylic acids is 1. The first kappa shape index (κ1) is 16.2. The number of amides is 3. The molecule has 0 unspecified atom stereocenters. The number of hydrogen-bond donors (Lipinski definition) is 3. The molecule has 0 aromatic rings. The van der Waals surface area contributed by atoms with E-state index >= 15 is 0 Å². The van der Waals surface area contributed by atoms with Crippen LogP contribution in [0.1, 0.15) is 12.8 Å². The first-order valence-corrected chi connectivity index (χ1v) is 5.07. The fourth-order valence-corrected chi connectivity index (χ4v) is 0.863. The van der Waals surface area contributed by atoms with Gasteiger partial charge in [0.05, 0.1) is 13.0 Å². The van der Waals surface area contributed by atoms with Crippen LogP contribution in [0.25, 0.3) is 0 Å². The Bertz CT molecular complexity index is 299. The van der Waals surface area contributed by atoms with Crippen LogP contribution in [0.4, 0.5) is 13.6 Å². The Balaban J connectivity index is 3.53. The summed E-state index contributed by atoms with van der Waals surface area (Å²) < 4.78 is 27.7.